The summed E-state index contributed by atoms with van der Waals surface area (Å²) in [7, 11) is 0. The Labute approximate surface area is 118 Å². The van der Waals surface area contributed by atoms with E-state index in [1.54, 1.807) is 11.4 Å². The van der Waals surface area contributed by atoms with Crippen molar-refractivity contribution in [3.05, 3.63) is 0 Å². The second-order valence-corrected chi connectivity index (χ2v) is 15.1. The van der Waals surface area contributed by atoms with E-state index in [1.807, 2.05) is 11.8 Å². The molecule has 2 atom stereocenters. The van der Waals surface area contributed by atoms with Gasteiger partial charge in [-0.3, -0.25) is 0 Å². The average molecular weight is 398 g/mol. The van der Waals surface area contributed by atoms with Gasteiger partial charge in [0.1, 0.15) is 0 Å². The van der Waals surface area contributed by atoms with Crippen LogP contribution in [0.4, 0.5) is 0 Å². The van der Waals surface area contributed by atoms with E-state index in [0.717, 1.165) is 11.5 Å². The third kappa shape index (κ3) is 12.2. The Morgan fingerprint density at radius 3 is 2.47 bits per heavy atom. The van der Waals surface area contributed by atoms with Crippen molar-refractivity contribution in [1.29, 1.82) is 0 Å². The molecule has 15 heavy (non-hydrogen) atoms. The van der Waals surface area contributed by atoms with Crippen LogP contribution in [0.1, 0.15) is 20.8 Å². The molecule has 0 aliphatic carbocycles. The van der Waals surface area contributed by atoms with Gasteiger partial charge in [-0.05, 0) is 0 Å². The van der Waals surface area contributed by atoms with E-state index in [1.165, 1.54) is 4.17 Å². The molecule has 0 aromatic rings. The molecule has 0 aromatic heterocycles. The number of aliphatic hydroxyl groups excluding tert-OH is 1. The van der Waals surface area contributed by atoms with E-state index in [9.17, 15) is 5.11 Å². The van der Waals surface area contributed by atoms with Gasteiger partial charge < -0.3 is 0 Å². The van der Waals surface area contributed by atoms with Crippen LogP contribution in [0.15, 0.2) is 0 Å². The molecule has 0 radical (unpaired) electrons. The maximum absolute atomic E-state index is 9.76. The van der Waals surface area contributed by atoms with Gasteiger partial charge in [-0.2, -0.15) is 0 Å². The van der Waals surface area contributed by atoms with Crippen molar-refractivity contribution in [3.8, 4) is 0 Å². The monoisotopic (exact) mass is 398 g/mol. The summed E-state index contributed by atoms with van der Waals surface area (Å²) < 4.78 is 1.49. The first kappa shape index (κ1) is 16.9. The van der Waals surface area contributed by atoms with Crippen molar-refractivity contribution < 1.29 is 26.3 Å². The molecule has 2 unspecified atom stereocenters. The van der Waals surface area contributed by atoms with Crippen LogP contribution in [0.3, 0.4) is 0 Å². The first-order valence-corrected chi connectivity index (χ1v) is 13.5. The van der Waals surface area contributed by atoms with Gasteiger partial charge >= 0.3 is 119 Å². The summed E-state index contributed by atoms with van der Waals surface area (Å²) in [5, 5.41) is 9.76. The Morgan fingerprint density at radius 1 is 1.40 bits per heavy atom. The van der Waals surface area contributed by atoms with Crippen LogP contribution in [0.2, 0.25) is 0 Å². The molecule has 0 aliphatic rings. The van der Waals surface area contributed by atoms with E-state index in [4.69, 9.17) is 11.8 Å². The minimum absolute atomic E-state index is 0.192. The Morgan fingerprint density at radius 2 is 2.00 bits per heavy atom. The summed E-state index contributed by atoms with van der Waals surface area (Å²) in [5.41, 5.74) is 0. The molecule has 0 saturated heterocycles. The third-order valence-electron chi connectivity index (χ3n) is 1.34. The van der Waals surface area contributed by atoms with Crippen molar-refractivity contribution in [1.82, 2.24) is 0 Å². The fourth-order valence-electron chi connectivity index (χ4n) is 0.696. The molecule has 1 nitrogen and oxygen atoms in total. The molecule has 0 bridgehead atoms. The quantitative estimate of drug-likeness (QED) is 0.374. The van der Waals surface area contributed by atoms with Crippen LogP contribution in [0.5, 0.6) is 0 Å². The Kier molecular flexibility index (Phi) is 10.1. The van der Waals surface area contributed by atoms with Gasteiger partial charge in [-0.25, -0.2) is 0 Å². The number of thioether (sulfide) groups is 1. The van der Waals surface area contributed by atoms with Crippen molar-refractivity contribution in [3.63, 3.8) is 0 Å². The SMILES string of the molecule is C[I-]C[P+](=S)SCC(O)CSC(C)(C)C. The third-order valence-corrected chi connectivity index (χ3v) is 13.9. The van der Waals surface area contributed by atoms with Crippen molar-refractivity contribution in [2.24, 2.45) is 0 Å². The van der Waals surface area contributed by atoms with E-state index < -0.39 is 0 Å². The van der Waals surface area contributed by atoms with Crippen LogP contribution in [-0.4, -0.2) is 36.6 Å². The standard InChI is InChI=1S/C9H20IOPS3/c1-9(2,3)14-5-8(11)6-15-12(13)7-10-4/h8,11H,5-7H2,1-4H3. The number of rotatable bonds is 7. The molecule has 6 heteroatoms. The summed E-state index contributed by atoms with van der Waals surface area (Å²) in [6, 6.07) is 0. The van der Waals surface area contributed by atoms with Crippen molar-refractivity contribution in [2.45, 2.75) is 31.6 Å². The van der Waals surface area contributed by atoms with Gasteiger partial charge in [0.05, 0.1) is 0 Å². The molecule has 0 saturated carbocycles. The number of alkyl halides is 2. The summed E-state index contributed by atoms with van der Waals surface area (Å²) >= 11 is 9.30. The fourth-order valence-corrected chi connectivity index (χ4v) is 11.5. The second kappa shape index (κ2) is 8.92. The number of hydrogen-bond donors (Lipinski definition) is 1. The van der Waals surface area contributed by atoms with Crippen molar-refractivity contribution >= 4 is 40.8 Å². The molecule has 92 valence electrons. The maximum atomic E-state index is 9.76. The molecule has 1 N–H and O–H groups in total. The zero-order valence-corrected chi connectivity index (χ0v) is 15.2. The normalized spacial score (nSPS) is 15.4. The minimum atomic E-state index is -0.272. The predicted molar refractivity (Wildman–Crippen MR) is 75.8 cm³/mol. The van der Waals surface area contributed by atoms with Crippen LogP contribution in [0, 0.1) is 0 Å². The molecule has 0 aliphatic heterocycles. The summed E-state index contributed by atoms with van der Waals surface area (Å²) in [6.07, 6.45) is -0.192. The number of hydrogen-bond acceptors (Lipinski definition) is 4. The molecule has 0 fully saturated rings. The Balaban J connectivity index is 3.57. The van der Waals surface area contributed by atoms with E-state index in [0.29, 0.717) is 21.2 Å². The van der Waals surface area contributed by atoms with Crippen LogP contribution < -0.4 is 21.2 Å². The zero-order chi connectivity index (χ0) is 11.9. The molecule has 0 amide bonds. The molecular weight excluding hydrogens is 378 g/mol. The molecule has 0 heterocycles. The Bertz CT molecular complexity index is 196. The summed E-state index contributed by atoms with van der Waals surface area (Å²) in [5.74, 6) is 1.38. The molecule has 0 rings (SSSR count). The van der Waals surface area contributed by atoms with Gasteiger partial charge in [0, 0.05) is 0 Å². The van der Waals surface area contributed by atoms with E-state index in [-0.39, 0.29) is 16.7 Å². The average Bonchev–Trinajstić information content (AvgIpc) is 2.11. The molecule has 0 aromatic carbocycles. The second-order valence-electron chi connectivity index (χ2n) is 4.09. The number of aliphatic hydroxyl groups is 1. The zero-order valence-electron chi connectivity index (χ0n) is 9.70. The van der Waals surface area contributed by atoms with Gasteiger partial charge in [0.15, 0.2) is 0 Å². The first-order valence-electron chi connectivity index (χ1n) is 4.68. The topological polar surface area (TPSA) is 20.2 Å². The Hall–Kier alpha value is 1.91. The molecule has 0 spiro atoms. The first-order chi connectivity index (χ1) is 6.85. The van der Waals surface area contributed by atoms with Gasteiger partial charge in [0.2, 0.25) is 0 Å². The van der Waals surface area contributed by atoms with Crippen LogP contribution in [-0.2, 0) is 11.8 Å². The van der Waals surface area contributed by atoms with Gasteiger partial charge in [0.25, 0.3) is 0 Å². The summed E-state index contributed by atoms with van der Waals surface area (Å²) in [6.45, 7) is 6.54. The predicted octanol–water partition coefficient (Wildman–Crippen LogP) is 0.147. The van der Waals surface area contributed by atoms with Gasteiger partial charge in [-0.1, -0.05) is 0 Å². The van der Waals surface area contributed by atoms with E-state index in [2.05, 4.69) is 25.7 Å². The van der Waals surface area contributed by atoms with E-state index >= 15 is 0 Å². The van der Waals surface area contributed by atoms with Crippen LogP contribution in [0.25, 0.3) is 0 Å². The number of halogens is 1. The summed E-state index contributed by atoms with van der Waals surface area (Å²) in [4.78, 5) is 2.27. The molecular formula is C9H20IOPS3. The van der Waals surface area contributed by atoms with Gasteiger partial charge in [-0.15, -0.1) is 0 Å². The van der Waals surface area contributed by atoms with Crippen molar-refractivity contribution in [2.75, 3.05) is 20.6 Å². The van der Waals surface area contributed by atoms with Crippen LogP contribution >= 0.6 is 29.0 Å². The fraction of sp³-hybridized carbons (Fsp3) is 1.00.